The van der Waals surface area contributed by atoms with Gasteiger partial charge < -0.3 is 4.42 Å². The molecule has 2 nitrogen and oxygen atoms in total. The van der Waals surface area contributed by atoms with E-state index in [-0.39, 0.29) is 0 Å². The molecule has 1 saturated carbocycles. The van der Waals surface area contributed by atoms with Gasteiger partial charge in [0, 0.05) is 5.25 Å². The van der Waals surface area contributed by atoms with Crippen molar-refractivity contribution in [3.63, 3.8) is 0 Å². The molecule has 0 aliphatic heterocycles. The Morgan fingerprint density at radius 1 is 1.50 bits per heavy atom. The van der Waals surface area contributed by atoms with Crippen LogP contribution >= 0.6 is 11.8 Å². The van der Waals surface area contributed by atoms with Crippen LogP contribution in [0, 0.1) is 17.2 Å². The van der Waals surface area contributed by atoms with Crippen molar-refractivity contribution >= 4 is 17.8 Å². The Morgan fingerprint density at radius 2 is 2.38 bits per heavy atom. The van der Waals surface area contributed by atoms with Crippen LogP contribution in [0.15, 0.2) is 22.6 Å². The van der Waals surface area contributed by atoms with E-state index in [0.29, 0.717) is 11.7 Å². The van der Waals surface area contributed by atoms with Crippen molar-refractivity contribution < 1.29 is 4.42 Å². The predicted octanol–water partition coefficient (Wildman–Crippen LogP) is 3.70. The minimum atomic E-state index is 0.382. The average Bonchev–Trinajstić information content (AvgIpc) is 2.95. The van der Waals surface area contributed by atoms with E-state index in [9.17, 15) is 0 Å². The molecule has 0 radical (unpaired) electrons. The summed E-state index contributed by atoms with van der Waals surface area (Å²) in [5.41, 5.74) is 0. The monoisotopic (exact) mass is 233 g/mol. The molecular formula is C13H15NOS. The SMILES string of the molecule is CSC1CCC(/C=C/c2ccc(C#N)o2)C1. The molecule has 1 heterocycles. The highest BCUT2D eigenvalue weighted by Crippen LogP contribution is 2.33. The van der Waals surface area contributed by atoms with Crippen molar-refractivity contribution in [1.82, 2.24) is 0 Å². The first-order valence-electron chi connectivity index (χ1n) is 5.52. The Kier molecular flexibility index (Phi) is 3.74. The maximum absolute atomic E-state index is 8.63. The second-order valence-corrected chi connectivity index (χ2v) is 5.24. The van der Waals surface area contributed by atoms with Crippen molar-refractivity contribution in [3.8, 4) is 6.07 Å². The van der Waals surface area contributed by atoms with E-state index in [0.717, 1.165) is 11.0 Å². The zero-order chi connectivity index (χ0) is 11.4. The molecule has 1 aliphatic carbocycles. The third-order valence-corrected chi connectivity index (χ3v) is 4.12. The Hall–Kier alpha value is -1.14. The lowest BCUT2D eigenvalue weighted by molar-refractivity contribution is 0.542. The molecule has 16 heavy (non-hydrogen) atoms. The summed E-state index contributed by atoms with van der Waals surface area (Å²) in [4.78, 5) is 0. The van der Waals surface area contributed by atoms with Gasteiger partial charge in [-0.05, 0) is 49.6 Å². The normalized spacial score (nSPS) is 25.0. The summed E-state index contributed by atoms with van der Waals surface area (Å²) in [7, 11) is 0. The van der Waals surface area contributed by atoms with Crippen LogP contribution in [0.2, 0.25) is 0 Å². The topological polar surface area (TPSA) is 36.9 Å². The van der Waals surface area contributed by atoms with Gasteiger partial charge in [0.25, 0.3) is 0 Å². The van der Waals surface area contributed by atoms with Crippen LogP contribution in [0.3, 0.4) is 0 Å². The van der Waals surface area contributed by atoms with Crippen LogP contribution in [-0.2, 0) is 0 Å². The maximum atomic E-state index is 8.63. The fraction of sp³-hybridized carbons (Fsp3) is 0.462. The van der Waals surface area contributed by atoms with Gasteiger partial charge in [-0.2, -0.15) is 17.0 Å². The third-order valence-electron chi connectivity index (χ3n) is 3.03. The number of nitrogens with zero attached hydrogens (tertiary/aromatic N) is 1. The van der Waals surface area contributed by atoms with Gasteiger partial charge in [-0.1, -0.05) is 6.08 Å². The molecule has 1 aromatic heterocycles. The molecule has 0 amide bonds. The van der Waals surface area contributed by atoms with Gasteiger partial charge in [-0.15, -0.1) is 0 Å². The van der Waals surface area contributed by atoms with E-state index in [1.165, 1.54) is 19.3 Å². The molecule has 3 heteroatoms. The smallest absolute Gasteiger partial charge is 0.204 e. The third kappa shape index (κ3) is 2.70. The minimum absolute atomic E-state index is 0.382. The zero-order valence-corrected chi connectivity index (χ0v) is 10.2. The molecule has 0 N–H and O–H groups in total. The fourth-order valence-electron chi connectivity index (χ4n) is 2.10. The Bertz CT molecular complexity index is 416. The summed E-state index contributed by atoms with van der Waals surface area (Å²) in [6.45, 7) is 0. The predicted molar refractivity (Wildman–Crippen MR) is 67.1 cm³/mol. The van der Waals surface area contributed by atoms with Gasteiger partial charge in [0.05, 0.1) is 0 Å². The van der Waals surface area contributed by atoms with Crippen molar-refractivity contribution in [2.75, 3.05) is 6.26 Å². The lowest BCUT2D eigenvalue weighted by Crippen LogP contribution is -1.93. The number of hydrogen-bond acceptors (Lipinski definition) is 3. The Balaban J connectivity index is 1.92. The van der Waals surface area contributed by atoms with E-state index in [4.69, 9.17) is 9.68 Å². The first-order chi connectivity index (χ1) is 7.81. The number of rotatable bonds is 3. The summed E-state index contributed by atoms with van der Waals surface area (Å²) in [5.74, 6) is 1.84. The summed E-state index contributed by atoms with van der Waals surface area (Å²) in [6, 6.07) is 5.54. The van der Waals surface area contributed by atoms with E-state index in [2.05, 4.69) is 12.3 Å². The first-order valence-corrected chi connectivity index (χ1v) is 6.81. The molecule has 2 unspecified atom stereocenters. The molecule has 0 aromatic carbocycles. The molecule has 1 fully saturated rings. The maximum Gasteiger partial charge on any atom is 0.204 e. The molecule has 0 saturated heterocycles. The van der Waals surface area contributed by atoms with Gasteiger partial charge >= 0.3 is 0 Å². The average molecular weight is 233 g/mol. The van der Waals surface area contributed by atoms with Crippen LogP contribution in [-0.4, -0.2) is 11.5 Å². The highest BCUT2D eigenvalue weighted by atomic mass is 32.2. The molecular weight excluding hydrogens is 218 g/mol. The van der Waals surface area contributed by atoms with Crippen LogP contribution < -0.4 is 0 Å². The van der Waals surface area contributed by atoms with Gasteiger partial charge in [0.2, 0.25) is 5.76 Å². The van der Waals surface area contributed by atoms with E-state index in [1.807, 2.05) is 30.0 Å². The van der Waals surface area contributed by atoms with Crippen LogP contribution in [0.1, 0.15) is 30.8 Å². The molecule has 0 spiro atoms. The standard InChI is InChI=1S/C13H15NOS/c1-16-13-7-3-10(8-13)2-4-11-5-6-12(9-14)15-11/h2,4-6,10,13H,3,7-8H2,1H3/b4-2+. The second-order valence-electron chi connectivity index (χ2n) is 4.10. The van der Waals surface area contributed by atoms with Crippen LogP contribution in [0.25, 0.3) is 6.08 Å². The lowest BCUT2D eigenvalue weighted by atomic mass is 10.1. The van der Waals surface area contributed by atoms with Crippen LogP contribution in [0.5, 0.6) is 0 Å². The van der Waals surface area contributed by atoms with Crippen molar-refractivity contribution in [2.24, 2.45) is 5.92 Å². The number of thioether (sulfide) groups is 1. The van der Waals surface area contributed by atoms with E-state index >= 15 is 0 Å². The summed E-state index contributed by atoms with van der Waals surface area (Å²) >= 11 is 1.97. The van der Waals surface area contributed by atoms with Crippen molar-refractivity contribution in [2.45, 2.75) is 24.5 Å². The highest BCUT2D eigenvalue weighted by molar-refractivity contribution is 7.99. The Labute approximate surface area is 100 Å². The Morgan fingerprint density at radius 3 is 3.00 bits per heavy atom. The molecule has 1 aliphatic rings. The minimum Gasteiger partial charge on any atom is -0.446 e. The van der Waals surface area contributed by atoms with E-state index in [1.54, 1.807) is 6.07 Å². The first kappa shape index (κ1) is 11.3. The van der Waals surface area contributed by atoms with Gasteiger partial charge in [-0.25, -0.2) is 0 Å². The second kappa shape index (κ2) is 5.27. The summed E-state index contributed by atoms with van der Waals surface area (Å²) in [5, 5.41) is 9.45. The van der Waals surface area contributed by atoms with Crippen molar-refractivity contribution in [1.29, 1.82) is 5.26 Å². The lowest BCUT2D eigenvalue weighted by Gasteiger charge is -2.03. The molecule has 0 bridgehead atoms. The number of furan rings is 1. The molecule has 1 aromatic rings. The van der Waals surface area contributed by atoms with Crippen LogP contribution in [0.4, 0.5) is 0 Å². The number of allylic oxidation sites excluding steroid dienone is 1. The van der Waals surface area contributed by atoms with Gasteiger partial charge in [-0.3, -0.25) is 0 Å². The van der Waals surface area contributed by atoms with Gasteiger partial charge in [0.15, 0.2) is 0 Å². The highest BCUT2D eigenvalue weighted by Gasteiger charge is 2.21. The largest absolute Gasteiger partial charge is 0.446 e. The summed E-state index contributed by atoms with van der Waals surface area (Å²) in [6.07, 6.45) is 10.3. The molecule has 84 valence electrons. The number of hydrogen-bond donors (Lipinski definition) is 0. The van der Waals surface area contributed by atoms with E-state index < -0.39 is 0 Å². The van der Waals surface area contributed by atoms with Gasteiger partial charge in [0.1, 0.15) is 11.8 Å². The zero-order valence-electron chi connectivity index (χ0n) is 9.35. The molecule has 2 rings (SSSR count). The molecule has 2 atom stereocenters. The number of nitriles is 1. The van der Waals surface area contributed by atoms with Crippen molar-refractivity contribution in [3.05, 3.63) is 29.7 Å². The fourth-order valence-corrected chi connectivity index (χ4v) is 2.91. The quantitative estimate of drug-likeness (QED) is 0.798. The summed E-state index contributed by atoms with van der Waals surface area (Å²) < 4.78 is 5.29.